The quantitative estimate of drug-likeness (QED) is 0.883. The fraction of sp³-hybridized carbons (Fsp3) is 0. The molecule has 0 spiro atoms. The lowest BCUT2D eigenvalue weighted by atomic mass is 10.2. The van der Waals surface area contributed by atoms with Gasteiger partial charge in [-0.05, 0) is 22.0 Å². The summed E-state index contributed by atoms with van der Waals surface area (Å²) < 4.78 is 2.05. The zero-order valence-electron chi connectivity index (χ0n) is 7.33. The van der Waals surface area contributed by atoms with Crippen molar-refractivity contribution in [1.82, 2.24) is 19.7 Å². The van der Waals surface area contributed by atoms with Crippen molar-refractivity contribution >= 4 is 21.9 Å². The van der Waals surface area contributed by atoms with Gasteiger partial charge in [-0.1, -0.05) is 0 Å². The molecule has 15 heavy (non-hydrogen) atoms. The van der Waals surface area contributed by atoms with Gasteiger partial charge in [-0.25, -0.2) is 9.78 Å². The van der Waals surface area contributed by atoms with Crippen LogP contribution in [0.3, 0.4) is 0 Å². The van der Waals surface area contributed by atoms with Gasteiger partial charge in [-0.2, -0.15) is 0 Å². The highest BCUT2D eigenvalue weighted by Gasteiger charge is 2.13. The second kappa shape index (κ2) is 3.77. The normalized spacial score (nSPS) is 10.2. The Morgan fingerprint density at radius 2 is 2.07 bits per heavy atom. The van der Waals surface area contributed by atoms with Gasteiger partial charge in [-0.15, -0.1) is 10.2 Å². The molecule has 0 bridgehead atoms. The maximum Gasteiger partial charge on any atom is 0.339 e. The van der Waals surface area contributed by atoms with E-state index in [1.54, 1.807) is 0 Å². The van der Waals surface area contributed by atoms with E-state index in [9.17, 15) is 4.79 Å². The second-order valence-corrected chi connectivity index (χ2v) is 3.61. The van der Waals surface area contributed by atoms with Gasteiger partial charge in [0.15, 0.2) is 5.82 Å². The molecule has 0 aromatic carbocycles. The highest BCUT2D eigenvalue weighted by molar-refractivity contribution is 9.10. The lowest BCUT2D eigenvalue weighted by Crippen LogP contribution is -2.06. The van der Waals surface area contributed by atoms with Crippen molar-refractivity contribution in [3.63, 3.8) is 0 Å². The molecule has 0 unspecified atom stereocenters. The SMILES string of the molecule is O=C(O)c1cc(Br)cnc1-n1cnnc1. The van der Waals surface area contributed by atoms with Gasteiger partial charge in [0.05, 0.1) is 0 Å². The predicted octanol–water partition coefficient (Wildman–Crippen LogP) is 1.12. The number of rotatable bonds is 2. The molecule has 0 radical (unpaired) electrons. The van der Waals surface area contributed by atoms with Crippen LogP contribution < -0.4 is 0 Å². The minimum absolute atomic E-state index is 0.0872. The average Bonchev–Trinajstić information content (AvgIpc) is 2.70. The molecule has 2 rings (SSSR count). The minimum Gasteiger partial charge on any atom is -0.478 e. The Hall–Kier alpha value is -1.76. The molecule has 0 amide bonds. The van der Waals surface area contributed by atoms with E-state index in [2.05, 4.69) is 31.1 Å². The summed E-state index contributed by atoms with van der Waals surface area (Å²) in [7, 11) is 0. The summed E-state index contributed by atoms with van der Waals surface area (Å²) in [4.78, 5) is 15.0. The van der Waals surface area contributed by atoms with Crippen molar-refractivity contribution in [3.8, 4) is 5.82 Å². The lowest BCUT2D eigenvalue weighted by Gasteiger charge is -2.04. The van der Waals surface area contributed by atoms with Crippen LogP contribution in [0.15, 0.2) is 29.4 Å². The van der Waals surface area contributed by atoms with E-state index < -0.39 is 5.97 Å². The van der Waals surface area contributed by atoms with Gasteiger partial charge in [-0.3, -0.25) is 4.57 Å². The fourth-order valence-electron chi connectivity index (χ4n) is 1.11. The zero-order chi connectivity index (χ0) is 10.8. The molecule has 2 heterocycles. The number of pyridine rings is 1. The smallest absolute Gasteiger partial charge is 0.339 e. The molecule has 1 N–H and O–H groups in total. The van der Waals surface area contributed by atoms with Gasteiger partial charge in [0, 0.05) is 10.7 Å². The maximum atomic E-state index is 11.0. The third-order valence-corrected chi connectivity index (χ3v) is 2.16. The molecule has 7 heteroatoms. The first-order valence-electron chi connectivity index (χ1n) is 3.92. The number of carboxylic acid groups (broad SMARTS) is 1. The van der Waals surface area contributed by atoms with Gasteiger partial charge >= 0.3 is 5.97 Å². The molecular formula is C8H5BrN4O2. The number of nitrogens with zero attached hydrogens (tertiary/aromatic N) is 4. The lowest BCUT2D eigenvalue weighted by molar-refractivity contribution is 0.0696. The van der Waals surface area contributed by atoms with E-state index in [1.807, 2.05) is 0 Å². The molecule has 0 saturated carbocycles. The molecular weight excluding hydrogens is 264 g/mol. The predicted molar refractivity (Wildman–Crippen MR) is 53.8 cm³/mol. The van der Waals surface area contributed by atoms with E-state index in [4.69, 9.17) is 5.11 Å². The van der Waals surface area contributed by atoms with Crippen molar-refractivity contribution in [3.05, 3.63) is 35.0 Å². The van der Waals surface area contributed by atoms with Crippen LogP contribution in [-0.4, -0.2) is 30.8 Å². The highest BCUT2D eigenvalue weighted by atomic mass is 79.9. The Balaban J connectivity index is 2.61. The summed E-state index contributed by atoms with van der Waals surface area (Å²) in [6.07, 6.45) is 4.30. The molecule has 0 aliphatic heterocycles. The van der Waals surface area contributed by atoms with Crippen LogP contribution in [0, 0.1) is 0 Å². The Morgan fingerprint density at radius 1 is 1.40 bits per heavy atom. The third-order valence-electron chi connectivity index (χ3n) is 1.73. The van der Waals surface area contributed by atoms with Gasteiger partial charge < -0.3 is 5.11 Å². The van der Waals surface area contributed by atoms with Crippen LogP contribution in [0.5, 0.6) is 0 Å². The Bertz CT molecular complexity index is 497. The monoisotopic (exact) mass is 268 g/mol. The van der Waals surface area contributed by atoms with Crippen LogP contribution in [0.1, 0.15) is 10.4 Å². The molecule has 6 nitrogen and oxygen atoms in total. The molecule has 0 aliphatic rings. The first-order valence-corrected chi connectivity index (χ1v) is 4.71. The zero-order valence-corrected chi connectivity index (χ0v) is 8.92. The Labute approximate surface area is 92.7 Å². The summed E-state index contributed by atoms with van der Waals surface area (Å²) in [6, 6.07) is 1.48. The average molecular weight is 269 g/mol. The summed E-state index contributed by atoms with van der Waals surface area (Å²) in [5, 5.41) is 16.2. The highest BCUT2D eigenvalue weighted by Crippen LogP contribution is 2.16. The Kier molecular flexibility index (Phi) is 2.46. The van der Waals surface area contributed by atoms with Gasteiger partial charge in [0.2, 0.25) is 0 Å². The molecule has 0 saturated heterocycles. The molecule has 0 fully saturated rings. The summed E-state index contributed by atoms with van der Waals surface area (Å²) >= 11 is 3.16. The van der Waals surface area contributed by atoms with Crippen molar-refractivity contribution in [1.29, 1.82) is 0 Å². The summed E-state index contributed by atoms with van der Waals surface area (Å²) in [5.41, 5.74) is 0.0872. The summed E-state index contributed by atoms with van der Waals surface area (Å²) in [6.45, 7) is 0. The van der Waals surface area contributed by atoms with Crippen molar-refractivity contribution in [2.45, 2.75) is 0 Å². The standard InChI is InChI=1S/C8H5BrN4O2/c9-5-1-6(8(14)15)7(10-2-5)13-3-11-12-4-13/h1-4H,(H,14,15). The van der Waals surface area contributed by atoms with Gasteiger partial charge in [0.25, 0.3) is 0 Å². The first kappa shape index (κ1) is 9.78. The number of aromatic carboxylic acids is 1. The molecule has 2 aromatic rings. The van der Waals surface area contributed by atoms with E-state index in [0.29, 0.717) is 4.47 Å². The van der Waals surface area contributed by atoms with E-state index in [1.165, 1.54) is 29.5 Å². The first-order chi connectivity index (χ1) is 7.18. The molecule has 2 aromatic heterocycles. The van der Waals surface area contributed by atoms with Crippen molar-refractivity contribution in [2.75, 3.05) is 0 Å². The fourth-order valence-corrected chi connectivity index (χ4v) is 1.44. The molecule has 76 valence electrons. The van der Waals surface area contributed by atoms with E-state index >= 15 is 0 Å². The van der Waals surface area contributed by atoms with Gasteiger partial charge in [0.1, 0.15) is 18.2 Å². The van der Waals surface area contributed by atoms with E-state index in [-0.39, 0.29) is 11.4 Å². The number of halogens is 1. The van der Waals surface area contributed by atoms with Crippen LogP contribution in [0.2, 0.25) is 0 Å². The number of carbonyl (C=O) groups is 1. The van der Waals surface area contributed by atoms with Crippen LogP contribution in [0.25, 0.3) is 5.82 Å². The van der Waals surface area contributed by atoms with Crippen molar-refractivity contribution in [2.24, 2.45) is 0 Å². The number of hydrogen-bond acceptors (Lipinski definition) is 4. The number of carboxylic acids is 1. The largest absolute Gasteiger partial charge is 0.478 e. The topological polar surface area (TPSA) is 80.9 Å². The Morgan fingerprint density at radius 3 is 2.67 bits per heavy atom. The minimum atomic E-state index is -1.05. The molecule has 0 aliphatic carbocycles. The second-order valence-electron chi connectivity index (χ2n) is 2.70. The molecule has 0 atom stereocenters. The summed E-state index contributed by atoms with van der Waals surface area (Å²) in [5.74, 6) is -0.761. The number of hydrogen-bond donors (Lipinski definition) is 1. The van der Waals surface area contributed by atoms with E-state index in [0.717, 1.165) is 0 Å². The maximum absolute atomic E-state index is 11.0. The third kappa shape index (κ3) is 1.86. The van der Waals surface area contributed by atoms with Crippen LogP contribution in [-0.2, 0) is 0 Å². The number of aromatic nitrogens is 4. The van der Waals surface area contributed by atoms with Crippen molar-refractivity contribution < 1.29 is 9.90 Å². The van der Waals surface area contributed by atoms with Crippen LogP contribution >= 0.6 is 15.9 Å². The van der Waals surface area contributed by atoms with Crippen LogP contribution in [0.4, 0.5) is 0 Å².